The third-order valence-electron chi connectivity index (χ3n) is 3.89. The molecule has 1 aliphatic rings. The maximum atomic E-state index is 12.1. The number of carbonyl (C=O) groups is 1. The van der Waals surface area contributed by atoms with E-state index in [1.54, 1.807) is 25.3 Å². The Bertz CT molecular complexity index is 974. The van der Waals surface area contributed by atoms with Crippen LogP contribution in [-0.4, -0.2) is 42.2 Å². The molecule has 4 rings (SSSR count). The Morgan fingerprint density at radius 3 is 2.68 bits per heavy atom. The second-order valence-electron chi connectivity index (χ2n) is 5.78. The molecule has 8 nitrogen and oxygen atoms in total. The molecule has 2 aromatic carbocycles. The van der Waals surface area contributed by atoms with Gasteiger partial charge in [0, 0.05) is 10.5 Å². The van der Waals surface area contributed by atoms with Crippen molar-refractivity contribution in [2.45, 2.75) is 4.90 Å². The summed E-state index contributed by atoms with van der Waals surface area (Å²) in [6.07, 6.45) is 0. The summed E-state index contributed by atoms with van der Waals surface area (Å²) in [5.74, 6) is 2.34. The number of nitrogens with one attached hydrogen (secondary N) is 1. The molecule has 0 spiro atoms. The van der Waals surface area contributed by atoms with E-state index in [0.717, 1.165) is 10.6 Å². The van der Waals surface area contributed by atoms with Gasteiger partial charge in [-0.15, -0.1) is 16.9 Å². The minimum atomic E-state index is -0.238. The third-order valence-corrected chi connectivity index (χ3v) is 4.90. The molecule has 144 valence electrons. The average molecular weight is 399 g/mol. The van der Waals surface area contributed by atoms with Crippen molar-refractivity contribution in [1.82, 2.24) is 10.2 Å². The van der Waals surface area contributed by atoms with Crippen LogP contribution in [0, 0.1) is 0 Å². The molecule has 0 radical (unpaired) electrons. The Balaban J connectivity index is 1.35. The van der Waals surface area contributed by atoms with Crippen LogP contribution in [0.15, 0.2) is 51.8 Å². The number of fused-ring (bicyclic) bond motifs is 1. The summed E-state index contributed by atoms with van der Waals surface area (Å²) >= 11 is 1.40. The van der Waals surface area contributed by atoms with Crippen LogP contribution in [0.4, 0.5) is 6.01 Å². The summed E-state index contributed by atoms with van der Waals surface area (Å²) < 4.78 is 21.7. The van der Waals surface area contributed by atoms with Gasteiger partial charge in [-0.3, -0.25) is 10.1 Å². The van der Waals surface area contributed by atoms with E-state index < -0.39 is 0 Å². The van der Waals surface area contributed by atoms with E-state index in [1.807, 2.05) is 24.3 Å². The lowest BCUT2D eigenvalue weighted by molar-refractivity contribution is -0.113. The van der Waals surface area contributed by atoms with Gasteiger partial charge in [0.2, 0.25) is 11.8 Å². The van der Waals surface area contributed by atoms with Crippen molar-refractivity contribution >= 4 is 23.7 Å². The monoisotopic (exact) mass is 399 g/mol. The highest BCUT2D eigenvalue weighted by atomic mass is 32.2. The number of rotatable bonds is 6. The number of methoxy groups -OCH3 is 1. The minimum Gasteiger partial charge on any atom is -0.497 e. The summed E-state index contributed by atoms with van der Waals surface area (Å²) in [4.78, 5) is 13.1. The number of amides is 1. The van der Waals surface area contributed by atoms with Crippen molar-refractivity contribution in [3.8, 4) is 28.7 Å². The number of hydrogen-bond acceptors (Lipinski definition) is 8. The average Bonchev–Trinajstić information content (AvgIpc) is 3.20. The van der Waals surface area contributed by atoms with Crippen LogP contribution in [0.25, 0.3) is 11.5 Å². The van der Waals surface area contributed by atoms with Gasteiger partial charge in [-0.1, -0.05) is 5.10 Å². The van der Waals surface area contributed by atoms with E-state index in [9.17, 15) is 4.79 Å². The number of aromatic nitrogens is 2. The Hall–Kier alpha value is -3.20. The summed E-state index contributed by atoms with van der Waals surface area (Å²) in [5, 5.41) is 10.5. The van der Waals surface area contributed by atoms with Gasteiger partial charge in [0.05, 0.1) is 12.9 Å². The van der Waals surface area contributed by atoms with Crippen molar-refractivity contribution in [3.63, 3.8) is 0 Å². The summed E-state index contributed by atoms with van der Waals surface area (Å²) in [6.45, 7) is 1.02. The smallest absolute Gasteiger partial charge is 0.322 e. The highest BCUT2D eigenvalue weighted by Crippen LogP contribution is 2.34. The first-order valence-corrected chi connectivity index (χ1v) is 9.50. The van der Waals surface area contributed by atoms with Crippen molar-refractivity contribution in [2.24, 2.45) is 0 Å². The fourth-order valence-corrected chi connectivity index (χ4v) is 3.24. The second-order valence-corrected chi connectivity index (χ2v) is 6.83. The number of thioether (sulfide) groups is 1. The van der Waals surface area contributed by atoms with Gasteiger partial charge in [-0.2, -0.15) is 0 Å². The molecule has 0 unspecified atom stereocenters. The molecular weight excluding hydrogens is 382 g/mol. The fourth-order valence-electron chi connectivity index (χ4n) is 2.54. The third kappa shape index (κ3) is 4.20. The molecule has 0 saturated carbocycles. The number of anilines is 1. The number of benzene rings is 2. The maximum absolute atomic E-state index is 12.1. The zero-order chi connectivity index (χ0) is 19.3. The Labute approximate surface area is 165 Å². The molecule has 0 fully saturated rings. The minimum absolute atomic E-state index is 0.0465. The first-order chi connectivity index (χ1) is 13.7. The number of hydrogen-bond donors (Lipinski definition) is 1. The van der Waals surface area contributed by atoms with Gasteiger partial charge in [0.1, 0.15) is 19.0 Å². The topological polar surface area (TPSA) is 95.7 Å². The Kier molecular flexibility index (Phi) is 5.34. The predicted molar refractivity (Wildman–Crippen MR) is 103 cm³/mol. The molecule has 1 amide bonds. The fraction of sp³-hybridized carbons (Fsp3) is 0.211. The molecule has 0 aliphatic carbocycles. The van der Waals surface area contributed by atoms with Crippen LogP contribution in [0.1, 0.15) is 0 Å². The normalized spacial score (nSPS) is 12.5. The van der Waals surface area contributed by atoms with Gasteiger partial charge < -0.3 is 18.6 Å². The zero-order valence-corrected chi connectivity index (χ0v) is 15.8. The lowest BCUT2D eigenvalue weighted by Crippen LogP contribution is -2.15. The van der Waals surface area contributed by atoms with Gasteiger partial charge in [-0.05, 0) is 42.5 Å². The van der Waals surface area contributed by atoms with Crippen LogP contribution < -0.4 is 19.5 Å². The largest absolute Gasteiger partial charge is 0.497 e. The number of nitrogens with zero attached hydrogens (tertiary/aromatic N) is 2. The van der Waals surface area contributed by atoms with Crippen LogP contribution in [0.2, 0.25) is 0 Å². The molecule has 9 heteroatoms. The van der Waals surface area contributed by atoms with Crippen molar-refractivity contribution in [1.29, 1.82) is 0 Å². The van der Waals surface area contributed by atoms with E-state index in [0.29, 0.717) is 30.3 Å². The number of carbonyl (C=O) groups excluding carboxylic acids is 1. The van der Waals surface area contributed by atoms with Gasteiger partial charge in [-0.25, -0.2) is 0 Å². The van der Waals surface area contributed by atoms with Gasteiger partial charge >= 0.3 is 6.01 Å². The van der Waals surface area contributed by atoms with Crippen molar-refractivity contribution in [2.75, 3.05) is 31.4 Å². The zero-order valence-electron chi connectivity index (χ0n) is 15.0. The summed E-state index contributed by atoms with van der Waals surface area (Å²) in [5.41, 5.74) is 0.685. The predicted octanol–water partition coefficient (Wildman–Crippen LogP) is 3.25. The molecule has 1 N–H and O–H groups in total. The van der Waals surface area contributed by atoms with E-state index in [4.69, 9.17) is 18.6 Å². The van der Waals surface area contributed by atoms with Crippen LogP contribution in [0.5, 0.6) is 17.2 Å². The molecule has 0 atom stereocenters. The SMILES string of the molecule is COc1ccc(SCC(=O)Nc2nnc(-c3ccc4c(c3)OCCO4)o2)cc1. The van der Waals surface area contributed by atoms with E-state index in [-0.39, 0.29) is 23.6 Å². The van der Waals surface area contributed by atoms with Crippen LogP contribution in [-0.2, 0) is 4.79 Å². The number of ether oxygens (including phenoxy) is 3. The van der Waals surface area contributed by atoms with E-state index in [2.05, 4.69) is 15.5 Å². The van der Waals surface area contributed by atoms with E-state index in [1.165, 1.54) is 11.8 Å². The molecule has 0 saturated heterocycles. The van der Waals surface area contributed by atoms with Crippen molar-refractivity contribution in [3.05, 3.63) is 42.5 Å². The second kappa shape index (κ2) is 8.22. The Morgan fingerprint density at radius 2 is 1.89 bits per heavy atom. The maximum Gasteiger partial charge on any atom is 0.322 e. The lowest BCUT2D eigenvalue weighted by Gasteiger charge is -2.18. The molecule has 2 heterocycles. The first-order valence-electron chi connectivity index (χ1n) is 8.51. The molecule has 28 heavy (non-hydrogen) atoms. The van der Waals surface area contributed by atoms with Crippen molar-refractivity contribution < 1.29 is 23.4 Å². The highest BCUT2D eigenvalue weighted by Gasteiger charge is 2.16. The molecular formula is C19H17N3O5S. The quantitative estimate of drug-likeness (QED) is 0.631. The van der Waals surface area contributed by atoms with Crippen LogP contribution >= 0.6 is 11.8 Å². The molecule has 1 aliphatic heterocycles. The van der Waals surface area contributed by atoms with E-state index >= 15 is 0 Å². The summed E-state index contributed by atoms with van der Waals surface area (Å²) in [7, 11) is 1.61. The summed E-state index contributed by atoms with van der Waals surface area (Å²) in [6, 6.07) is 12.9. The van der Waals surface area contributed by atoms with Gasteiger partial charge in [0.15, 0.2) is 11.5 Å². The van der Waals surface area contributed by atoms with Crippen LogP contribution in [0.3, 0.4) is 0 Å². The molecule has 1 aromatic heterocycles. The van der Waals surface area contributed by atoms with Gasteiger partial charge in [0.25, 0.3) is 0 Å². The lowest BCUT2D eigenvalue weighted by atomic mass is 10.2. The molecule has 0 bridgehead atoms. The standard InChI is InChI=1S/C19H17N3O5S/c1-24-13-3-5-14(6-4-13)28-11-17(23)20-19-22-21-18(27-19)12-2-7-15-16(10-12)26-9-8-25-15/h2-7,10H,8-9,11H2,1H3,(H,20,22,23). The highest BCUT2D eigenvalue weighted by molar-refractivity contribution is 8.00. The Morgan fingerprint density at radius 1 is 1.11 bits per heavy atom. The molecule has 3 aromatic rings. The first kappa shape index (κ1) is 18.2.